The predicted molar refractivity (Wildman–Crippen MR) is 174 cm³/mol. The van der Waals surface area contributed by atoms with Crippen LogP contribution in [0.5, 0.6) is 17.2 Å². The number of hydrogen-bond acceptors (Lipinski definition) is 9. The minimum atomic E-state index is -4.27. The van der Waals surface area contributed by atoms with E-state index in [2.05, 4.69) is 32.2 Å². The predicted octanol–water partition coefficient (Wildman–Crippen LogP) is 7.08. The molecule has 2 aliphatic rings. The van der Waals surface area contributed by atoms with Crippen LogP contribution in [0.3, 0.4) is 0 Å². The number of carbonyl (C=O) groups is 1. The molecule has 48 heavy (non-hydrogen) atoms. The van der Waals surface area contributed by atoms with Gasteiger partial charge in [-0.2, -0.15) is 13.2 Å². The van der Waals surface area contributed by atoms with Crippen molar-refractivity contribution in [3.05, 3.63) is 73.5 Å². The third-order valence-corrected chi connectivity index (χ3v) is 8.65. The number of carbonyl (C=O) groups excluding carboxylic acids is 1. The summed E-state index contributed by atoms with van der Waals surface area (Å²) in [5.74, 6) is -0.246. The molecule has 0 aliphatic carbocycles. The van der Waals surface area contributed by atoms with Gasteiger partial charge in [-0.3, -0.25) is 4.79 Å². The molecule has 4 aromatic rings. The van der Waals surface area contributed by atoms with Crippen molar-refractivity contribution in [1.29, 1.82) is 0 Å². The van der Waals surface area contributed by atoms with E-state index < -0.39 is 17.9 Å². The zero-order chi connectivity index (χ0) is 33.8. The number of benzene rings is 2. The second-order valence-corrected chi connectivity index (χ2v) is 11.8. The Morgan fingerprint density at radius 2 is 1.79 bits per heavy atom. The number of nitrogens with one attached hydrogen (secondary N) is 2. The topological polar surface area (TPSA) is 105 Å². The molecule has 2 N–H and O–H groups in total. The van der Waals surface area contributed by atoms with E-state index in [9.17, 15) is 18.0 Å². The molecular formula is C34H35F4N7O3. The molecule has 2 aliphatic heterocycles. The number of ether oxygens (including phenoxy) is 2. The minimum Gasteiger partial charge on any atom is -0.495 e. The second kappa shape index (κ2) is 13.9. The number of pyridine rings is 1. The molecule has 1 atom stereocenters. The molecule has 2 aromatic carbocycles. The van der Waals surface area contributed by atoms with E-state index in [1.54, 1.807) is 41.2 Å². The summed E-state index contributed by atoms with van der Waals surface area (Å²) in [7, 11) is 1.57. The summed E-state index contributed by atoms with van der Waals surface area (Å²) in [6.45, 7) is 5.06. The van der Waals surface area contributed by atoms with Crippen LogP contribution >= 0.6 is 0 Å². The van der Waals surface area contributed by atoms with Gasteiger partial charge >= 0.3 is 6.18 Å². The summed E-state index contributed by atoms with van der Waals surface area (Å²) in [6.07, 6.45) is 1.87. The quantitative estimate of drug-likeness (QED) is 0.143. The number of fused-ring (bicyclic) bond motifs is 1. The number of aromatic nitrogens is 3. The van der Waals surface area contributed by atoms with Gasteiger partial charge in [0, 0.05) is 62.0 Å². The Morgan fingerprint density at radius 3 is 2.52 bits per heavy atom. The fourth-order valence-corrected chi connectivity index (χ4v) is 6.07. The number of rotatable bonds is 9. The molecule has 0 bridgehead atoms. The van der Waals surface area contributed by atoms with Crippen molar-refractivity contribution in [2.75, 3.05) is 48.8 Å². The third kappa shape index (κ3) is 7.37. The van der Waals surface area contributed by atoms with Crippen LogP contribution in [0.1, 0.15) is 25.7 Å². The lowest BCUT2D eigenvalue weighted by molar-refractivity contribution is -0.176. The van der Waals surface area contributed by atoms with Gasteiger partial charge in [-0.1, -0.05) is 6.58 Å². The molecule has 2 saturated heterocycles. The first-order valence-corrected chi connectivity index (χ1v) is 15.6. The van der Waals surface area contributed by atoms with Gasteiger partial charge in [-0.05, 0) is 56.0 Å². The molecule has 14 heteroatoms. The molecule has 6 rings (SSSR count). The number of nitrogens with zero attached hydrogens (tertiary/aromatic N) is 5. The molecule has 2 aromatic heterocycles. The van der Waals surface area contributed by atoms with Crippen LogP contribution in [0.2, 0.25) is 0 Å². The van der Waals surface area contributed by atoms with Gasteiger partial charge in [0.25, 0.3) is 0 Å². The van der Waals surface area contributed by atoms with Gasteiger partial charge in [0.2, 0.25) is 5.91 Å². The maximum Gasteiger partial charge on any atom is 0.393 e. The lowest BCUT2D eigenvalue weighted by Crippen LogP contribution is -2.42. The lowest BCUT2D eigenvalue weighted by Gasteiger charge is -2.34. The van der Waals surface area contributed by atoms with E-state index in [1.807, 2.05) is 6.07 Å². The summed E-state index contributed by atoms with van der Waals surface area (Å²) in [4.78, 5) is 28.3. The molecule has 252 valence electrons. The van der Waals surface area contributed by atoms with Crippen LogP contribution in [0.25, 0.3) is 10.9 Å². The molecular weight excluding hydrogens is 630 g/mol. The number of alkyl halides is 3. The average molecular weight is 666 g/mol. The zero-order valence-electron chi connectivity index (χ0n) is 26.3. The van der Waals surface area contributed by atoms with Gasteiger partial charge in [0.05, 0.1) is 29.9 Å². The molecule has 0 spiro atoms. The smallest absolute Gasteiger partial charge is 0.393 e. The fraction of sp³-hybridized carbons (Fsp3) is 0.353. The highest BCUT2D eigenvalue weighted by Crippen LogP contribution is 2.37. The first kappa shape index (κ1) is 32.8. The van der Waals surface area contributed by atoms with Crippen LogP contribution in [0, 0.1) is 11.7 Å². The number of likely N-dealkylation sites (tertiary alicyclic amines) is 1. The van der Waals surface area contributed by atoms with Gasteiger partial charge in [-0.25, -0.2) is 19.3 Å². The molecule has 10 nitrogen and oxygen atoms in total. The van der Waals surface area contributed by atoms with Crippen molar-refractivity contribution < 1.29 is 31.8 Å². The molecule has 1 amide bonds. The van der Waals surface area contributed by atoms with Gasteiger partial charge < -0.3 is 29.9 Å². The number of piperidine rings is 2. The number of anilines is 4. The highest BCUT2D eigenvalue weighted by molar-refractivity contribution is 5.95. The Kier molecular flexibility index (Phi) is 9.51. The number of methoxy groups -OCH3 is 1. The first-order valence-electron chi connectivity index (χ1n) is 15.6. The maximum absolute atomic E-state index is 15.4. The monoisotopic (exact) mass is 665 g/mol. The number of hydrogen-bond donors (Lipinski definition) is 2. The summed E-state index contributed by atoms with van der Waals surface area (Å²) in [6, 6.07) is 11.2. The van der Waals surface area contributed by atoms with Crippen molar-refractivity contribution in [2.45, 2.75) is 37.9 Å². The highest BCUT2D eigenvalue weighted by atomic mass is 19.4. The maximum atomic E-state index is 15.4. The van der Waals surface area contributed by atoms with E-state index in [0.717, 1.165) is 18.5 Å². The molecule has 4 heterocycles. The zero-order valence-corrected chi connectivity index (χ0v) is 26.3. The lowest BCUT2D eigenvalue weighted by atomic mass is 9.97. The Bertz CT molecular complexity index is 1800. The highest BCUT2D eigenvalue weighted by Gasteiger charge is 2.42. The molecule has 0 radical (unpaired) electrons. The second-order valence-electron chi connectivity index (χ2n) is 11.8. The molecule has 0 saturated carbocycles. The summed E-state index contributed by atoms with van der Waals surface area (Å²) in [5.41, 5.74) is 1.45. The first-order chi connectivity index (χ1) is 23.1. The Balaban J connectivity index is 1.16. The van der Waals surface area contributed by atoms with Crippen molar-refractivity contribution in [3.8, 4) is 17.2 Å². The van der Waals surface area contributed by atoms with Crippen LogP contribution in [0.4, 0.5) is 40.6 Å². The van der Waals surface area contributed by atoms with E-state index in [4.69, 9.17) is 9.47 Å². The number of halogens is 4. The fourth-order valence-electron chi connectivity index (χ4n) is 6.07. The molecule has 0 unspecified atom stereocenters. The van der Waals surface area contributed by atoms with Crippen LogP contribution in [-0.2, 0) is 4.79 Å². The minimum absolute atomic E-state index is 0.0820. The normalized spacial score (nSPS) is 17.2. The van der Waals surface area contributed by atoms with Crippen LogP contribution in [0.15, 0.2) is 67.6 Å². The summed E-state index contributed by atoms with van der Waals surface area (Å²) >= 11 is 0. The van der Waals surface area contributed by atoms with Crippen LogP contribution < -0.4 is 25.0 Å². The van der Waals surface area contributed by atoms with E-state index in [1.165, 1.54) is 30.7 Å². The Labute approximate surface area is 274 Å². The van der Waals surface area contributed by atoms with Crippen molar-refractivity contribution in [1.82, 2.24) is 19.9 Å². The van der Waals surface area contributed by atoms with Crippen molar-refractivity contribution in [2.24, 2.45) is 5.92 Å². The number of amides is 1. The standard InChI is InChI=1S/C34H35F4N7O3/c1-3-32(46)44-13-9-22(10-14-44)42-29-17-25-28(18-30(29)47-2)40-20-41-33(25)43-27-7-6-23(15-26(27)35)48-24-8-11-39-31(16-24)45-12-4-5-21(19-45)34(36,37)38/h3,6-8,11,15-18,20-22,42H,1,4-5,9-10,12-14,19H2,2H3,(H,40,41,43)/t21-/m1/s1. The largest absolute Gasteiger partial charge is 0.495 e. The van der Waals surface area contributed by atoms with E-state index in [0.29, 0.717) is 60.1 Å². The van der Waals surface area contributed by atoms with Crippen molar-refractivity contribution in [3.63, 3.8) is 0 Å². The van der Waals surface area contributed by atoms with E-state index in [-0.39, 0.29) is 36.4 Å². The summed E-state index contributed by atoms with van der Waals surface area (Å²) in [5, 5.41) is 7.21. The Hall–Kier alpha value is -5.14. The van der Waals surface area contributed by atoms with Crippen molar-refractivity contribution >= 4 is 39.8 Å². The Morgan fingerprint density at radius 1 is 1.00 bits per heavy atom. The molecule has 2 fully saturated rings. The summed E-state index contributed by atoms with van der Waals surface area (Å²) < 4.78 is 66.9. The SMILES string of the molecule is C=CC(=O)N1CCC(Nc2cc3c(Nc4ccc(Oc5ccnc(N6CCC[C@@H](C(F)(F)F)C6)c5)cc4F)ncnc3cc2OC)CC1. The average Bonchev–Trinajstić information content (AvgIpc) is 3.09. The van der Waals surface area contributed by atoms with Gasteiger partial charge in [-0.15, -0.1) is 0 Å². The van der Waals surface area contributed by atoms with Gasteiger partial charge in [0.15, 0.2) is 0 Å². The van der Waals surface area contributed by atoms with E-state index >= 15 is 4.39 Å². The third-order valence-electron chi connectivity index (χ3n) is 8.65. The van der Waals surface area contributed by atoms with Gasteiger partial charge in [0.1, 0.15) is 41.0 Å². The van der Waals surface area contributed by atoms with Crippen LogP contribution in [-0.4, -0.2) is 71.3 Å².